The number of hydrogen-bond donors (Lipinski definition) is 0. The van der Waals surface area contributed by atoms with E-state index in [-0.39, 0.29) is 11.7 Å². The minimum atomic E-state index is -0.810. The van der Waals surface area contributed by atoms with Gasteiger partial charge in [0.2, 0.25) is 5.82 Å². The van der Waals surface area contributed by atoms with Gasteiger partial charge in [-0.2, -0.15) is 4.39 Å². The number of hydrogen-bond acceptors (Lipinski definition) is 1. The van der Waals surface area contributed by atoms with Gasteiger partial charge in [-0.15, -0.1) is 0 Å². The molecule has 1 nitrogen and oxygen atoms in total. The third-order valence-electron chi connectivity index (χ3n) is 8.78. The monoisotopic (exact) mass is 418 g/mol. The number of rotatable bonds is 8. The van der Waals surface area contributed by atoms with Crippen molar-refractivity contribution in [2.24, 2.45) is 29.6 Å². The number of benzene rings is 1. The highest BCUT2D eigenvalue weighted by Gasteiger charge is 2.47. The van der Waals surface area contributed by atoms with E-state index < -0.39 is 11.6 Å². The summed E-state index contributed by atoms with van der Waals surface area (Å²) in [6, 6.07) is 3.37. The van der Waals surface area contributed by atoms with Crippen LogP contribution in [-0.4, -0.2) is 6.61 Å². The van der Waals surface area contributed by atoms with Crippen LogP contribution in [0.2, 0.25) is 0 Å². The van der Waals surface area contributed by atoms with Crippen molar-refractivity contribution in [1.82, 2.24) is 0 Å². The van der Waals surface area contributed by atoms with Gasteiger partial charge < -0.3 is 4.74 Å². The van der Waals surface area contributed by atoms with Crippen LogP contribution in [0.4, 0.5) is 8.78 Å². The van der Waals surface area contributed by atoms with E-state index in [2.05, 4.69) is 6.92 Å². The molecule has 0 aromatic heterocycles. The minimum Gasteiger partial charge on any atom is -0.491 e. The second kappa shape index (κ2) is 10.0. The molecule has 0 saturated heterocycles. The molecule has 3 aliphatic carbocycles. The highest BCUT2D eigenvalue weighted by atomic mass is 19.2. The van der Waals surface area contributed by atoms with Crippen molar-refractivity contribution in [1.29, 1.82) is 0 Å². The highest BCUT2D eigenvalue weighted by molar-refractivity contribution is 5.33. The van der Waals surface area contributed by atoms with Crippen LogP contribution < -0.4 is 4.74 Å². The van der Waals surface area contributed by atoms with Crippen LogP contribution in [0.1, 0.15) is 102 Å². The van der Waals surface area contributed by atoms with Gasteiger partial charge in [-0.1, -0.05) is 38.7 Å². The van der Waals surface area contributed by atoms with Gasteiger partial charge in [0, 0.05) is 0 Å². The molecule has 3 heteroatoms. The Kier molecular flexibility index (Phi) is 7.36. The molecule has 0 spiro atoms. The lowest BCUT2D eigenvalue weighted by molar-refractivity contribution is 0.177. The molecular formula is C27H40F2O. The zero-order chi connectivity index (χ0) is 21.1. The Labute approximate surface area is 182 Å². The Balaban J connectivity index is 1.33. The third kappa shape index (κ3) is 4.41. The summed E-state index contributed by atoms with van der Waals surface area (Å²) in [6.07, 6.45) is 15.8. The molecule has 0 heterocycles. The lowest BCUT2D eigenvalue weighted by Gasteiger charge is -2.35. The molecule has 0 N–H and O–H groups in total. The molecule has 168 valence electrons. The molecule has 4 rings (SSSR count). The second-order valence-electron chi connectivity index (χ2n) is 10.2. The largest absolute Gasteiger partial charge is 0.491 e. The molecular weight excluding hydrogens is 378 g/mol. The molecule has 3 fully saturated rings. The van der Waals surface area contributed by atoms with Gasteiger partial charge in [-0.05, 0) is 105 Å². The molecule has 1 aromatic carbocycles. The summed E-state index contributed by atoms with van der Waals surface area (Å²) in [6.45, 7) is 4.44. The van der Waals surface area contributed by atoms with Crippen molar-refractivity contribution in [3.8, 4) is 5.75 Å². The van der Waals surface area contributed by atoms with Crippen molar-refractivity contribution in [3.63, 3.8) is 0 Å². The molecule has 4 unspecified atom stereocenters. The zero-order valence-electron chi connectivity index (χ0n) is 19.0. The SMILES string of the molecule is CCCCCC1CCC2C(C3CCC(c4ccc(OCC)c(F)c4F)CC3)CCC12. The predicted octanol–water partition coefficient (Wildman–Crippen LogP) is 8.27. The first-order valence-corrected chi connectivity index (χ1v) is 12.7. The van der Waals surface area contributed by atoms with Crippen LogP contribution in [0.5, 0.6) is 5.75 Å². The minimum absolute atomic E-state index is 0.0409. The summed E-state index contributed by atoms with van der Waals surface area (Å²) in [5, 5.41) is 0. The number of halogens is 2. The Morgan fingerprint density at radius 1 is 0.800 bits per heavy atom. The van der Waals surface area contributed by atoms with Crippen LogP contribution in [-0.2, 0) is 0 Å². The molecule has 30 heavy (non-hydrogen) atoms. The Morgan fingerprint density at radius 3 is 2.27 bits per heavy atom. The van der Waals surface area contributed by atoms with E-state index in [4.69, 9.17) is 4.74 Å². The van der Waals surface area contributed by atoms with Crippen molar-refractivity contribution >= 4 is 0 Å². The zero-order valence-corrected chi connectivity index (χ0v) is 19.0. The molecule has 0 amide bonds. The third-order valence-corrected chi connectivity index (χ3v) is 8.78. The van der Waals surface area contributed by atoms with Gasteiger partial charge >= 0.3 is 0 Å². The van der Waals surface area contributed by atoms with Crippen molar-refractivity contribution < 1.29 is 13.5 Å². The van der Waals surface area contributed by atoms with Gasteiger partial charge in [-0.3, -0.25) is 0 Å². The second-order valence-corrected chi connectivity index (χ2v) is 10.2. The first-order valence-electron chi connectivity index (χ1n) is 12.7. The summed E-state index contributed by atoms with van der Waals surface area (Å²) >= 11 is 0. The van der Waals surface area contributed by atoms with Crippen LogP contribution in [0.3, 0.4) is 0 Å². The summed E-state index contributed by atoms with van der Waals surface area (Å²) in [7, 11) is 0. The first kappa shape index (κ1) is 22.1. The van der Waals surface area contributed by atoms with Crippen LogP contribution in [0, 0.1) is 41.2 Å². The fourth-order valence-electron chi connectivity index (χ4n) is 7.35. The van der Waals surface area contributed by atoms with Crippen LogP contribution in [0.15, 0.2) is 12.1 Å². The van der Waals surface area contributed by atoms with Crippen LogP contribution in [0.25, 0.3) is 0 Å². The lowest BCUT2D eigenvalue weighted by Crippen LogP contribution is -2.25. The topological polar surface area (TPSA) is 9.23 Å². The molecule has 4 atom stereocenters. The van der Waals surface area contributed by atoms with E-state index in [1.54, 1.807) is 19.1 Å². The van der Waals surface area contributed by atoms with E-state index in [0.29, 0.717) is 12.2 Å². The maximum Gasteiger partial charge on any atom is 0.200 e. The molecule has 1 aromatic rings. The van der Waals surface area contributed by atoms with E-state index >= 15 is 0 Å². The number of fused-ring (bicyclic) bond motifs is 1. The molecule has 3 saturated carbocycles. The van der Waals surface area contributed by atoms with Gasteiger partial charge in [0.05, 0.1) is 6.61 Å². The number of ether oxygens (including phenoxy) is 1. The molecule has 3 aliphatic rings. The quantitative estimate of drug-likeness (QED) is 0.386. The fourth-order valence-corrected chi connectivity index (χ4v) is 7.35. The number of unbranched alkanes of at least 4 members (excludes halogenated alkanes) is 2. The summed E-state index contributed by atoms with van der Waals surface area (Å²) in [5.74, 6) is 3.35. The molecule has 0 aliphatic heterocycles. The van der Waals surface area contributed by atoms with Gasteiger partial charge in [0.25, 0.3) is 0 Å². The summed E-state index contributed by atoms with van der Waals surface area (Å²) < 4.78 is 34.2. The predicted molar refractivity (Wildman–Crippen MR) is 119 cm³/mol. The van der Waals surface area contributed by atoms with E-state index in [1.165, 1.54) is 64.2 Å². The molecule has 0 radical (unpaired) electrons. The van der Waals surface area contributed by atoms with Crippen LogP contribution >= 0.6 is 0 Å². The molecule has 0 bridgehead atoms. The van der Waals surface area contributed by atoms with Crippen molar-refractivity contribution in [3.05, 3.63) is 29.3 Å². The highest BCUT2D eigenvalue weighted by Crippen LogP contribution is 2.56. The van der Waals surface area contributed by atoms with E-state index in [9.17, 15) is 8.78 Å². The maximum absolute atomic E-state index is 14.7. The lowest BCUT2D eigenvalue weighted by atomic mass is 9.70. The van der Waals surface area contributed by atoms with Crippen molar-refractivity contribution in [2.75, 3.05) is 6.61 Å². The Hall–Kier alpha value is -1.12. The summed E-state index contributed by atoms with van der Waals surface area (Å²) in [4.78, 5) is 0. The van der Waals surface area contributed by atoms with Crippen molar-refractivity contribution in [2.45, 2.75) is 96.8 Å². The Morgan fingerprint density at radius 2 is 1.53 bits per heavy atom. The maximum atomic E-state index is 14.7. The standard InChI is InChI=1S/C27H40F2O/c1-3-5-6-7-18-12-13-24-21(18)14-15-22(24)19-8-10-20(11-9-19)23-16-17-25(30-4-2)27(29)26(23)28/h16-22,24H,3-15H2,1-2H3. The Bertz CT molecular complexity index is 694. The smallest absolute Gasteiger partial charge is 0.200 e. The fraction of sp³-hybridized carbons (Fsp3) is 0.778. The van der Waals surface area contributed by atoms with E-state index in [0.717, 1.165) is 42.4 Å². The summed E-state index contributed by atoms with van der Waals surface area (Å²) in [5.41, 5.74) is 0.565. The van der Waals surface area contributed by atoms with Gasteiger partial charge in [-0.25, -0.2) is 4.39 Å². The van der Waals surface area contributed by atoms with Gasteiger partial charge in [0.1, 0.15) is 0 Å². The normalized spacial score (nSPS) is 33.6. The van der Waals surface area contributed by atoms with Gasteiger partial charge in [0.15, 0.2) is 11.6 Å². The average molecular weight is 419 g/mol. The van der Waals surface area contributed by atoms with E-state index in [1.807, 2.05) is 0 Å². The average Bonchev–Trinajstić information content (AvgIpc) is 3.35. The first-order chi connectivity index (χ1) is 14.6.